The Balaban J connectivity index is 2.07. The Morgan fingerprint density at radius 3 is 2.46 bits per heavy atom. The van der Waals surface area contributed by atoms with Crippen LogP contribution in [-0.2, 0) is 16.4 Å². The number of sulfonamides is 1. The smallest absolute Gasteiger partial charge is 0.267 e. The van der Waals surface area contributed by atoms with E-state index in [-0.39, 0.29) is 5.56 Å². The van der Waals surface area contributed by atoms with Gasteiger partial charge in [0, 0.05) is 5.02 Å². The third-order valence-corrected chi connectivity index (χ3v) is 5.36. The Morgan fingerprint density at radius 2 is 1.88 bits per heavy atom. The summed E-state index contributed by atoms with van der Waals surface area (Å²) in [5.74, 6) is -1.12. The van der Waals surface area contributed by atoms with Gasteiger partial charge in [0.25, 0.3) is 5.91 Å². The number of halogens is 2. The third kappa shape index (κ3) is 5.74. The van der Waals surface area contributed by atoms with E-state index in [2.05, 4.69) is 0 Å². The second kappa shape index (κ2) is 8.30. The molecule has 0 radical (unpaired) electrons. The summed E-state index contributed by atoms with van der Waals surface area (Å²) in [6.45, 7) is 0. The van der Waals surface area contributed by atoms with E-state index in [1.54, 1.807) is 4.72 Å². The lowest BCUT2D eigenvalue weighted by Gasteiger charge is -2.15. The Hall–Kier alpha value is -1.14. The van der Waals surface area contributed by atoms with Crippen molar-refractivity contribution in [2.24, 2.45) is 5.92 Å². The van der Waals surface area contributed by atoms with Gasteiger partial charge in [0.1, 0.15) is 5.82 Å². The van der Waals surface area contributed by atoms with Gasteiger partial charge in [-0.1, -0.05) is 50.1 Å². The fourth-order valence-electron chi connectivity index (χ4n) is 3.19. The minimum Gasteiger partial charge on any atom is -0.268 e. The number of hydrogen-bond donors (Lipinski definition) is 1. The number of amides is 1. The summed E-state index contributed by atoms with van der Waals surface area (Å²) >= 11 is 6.17. The molecule has 1 saturated carbocycles. The zero-order valence-electron chi connectivity index (χ0n) is 13.8. The highest BCUT2D eigenvalue weighted by Gasteiger charge is 2.19. The largest absolute Gasteiger partial charge is 0.268 e. The van der Waals surface area contributed by atoms with Gasteiger partial charge in [0.15, 0.2) is 0 Å². The minimum absolute atomic E-state index is 0.295. The van der Waals surface area contributed by atoms with E-state index in [0.29, 0.717) is 22.9 Å². The topological polar surface area (TPSA) is 63.2 Å². The van der Waals surface area contributed by atoms with Gasteiger partial charge in [-0.25, -0.2) is 17.5 Å². The van der Waals surface area contributed by atoms with Crippen molar-refractivity contribution in [3.05, 3.63) is 34.1 Å². The lowest BCUT2D eigenvalue weighted by atomic mass is 9.92. The van der Waals surface area contributed by atoms with Crippen LogP contribution in [-0.4, -0.2) is 20.6 Å². The van der Waals surface area contributed by atoms with Crippen molar-refractivity contribution in [3.63, 3.8) is 0 Å². The van der Waals surface area contributed by atoms with Crippen LogP contribution < -0.4 is 4.72 Å². The maximum Gasteiger partial charge on any atom is 0.267 e. The van der Waals surface area contributed by atoms with Gasteiger partial charge >= 0.3 is 0 Å². The van der Waals surface area contributed by atoms with Crippen LogP contribution in [0.15, 0.2) is 12.1 Å². The van der Waals surface area contributed by atoms with Crippen LogP contribution in [0.5, 0.6) is 0 Å². The number of nitrogens with one attached hydrogen (secondary N) is 1. The first-order chi connectivity index (χ1) is 11.3. The molecule has 0 aromatic heterocycles. The van der Waals surface area contributed by atoms with Gasteiger partial charge < -0.3 is 0 Å². The number of carbonyl (C=O) groups is 1. The number of carbonyl (C=O) groups excluding carboxylic acids is 1. The molecule has 1 fully saturated rings. The molecular formula is C17H23ClFNO3S. The molecule has 7 heteroatoms. The van der Waals surface area contributed by atoms with Crippen LogP contribution in [0, 0.1) is 11.7 Å². The average Bonchev–Trinajstić information content (AvgIpc) is 2.74. The quantitative estimate of drug-likeness (QED) is 0.789. The molecule has 0 unspecified atom stereocenters. The highest BCUT2D eigenvalue weighted by atomic mass is 35.5. The molecule has 0 saturated heterocycles. The summed E-state index contributed by atoms with van der Waals surface area (Å²) < 4.78 is 38.1. The molecule has 1 N–H and O–H groups in total. The van der Waals surface area contributed by atoms with Gasteiger partial charge in [0.2, 0.25) is 10.0 Å². The minimum atomic E-state index is -3.75. The van der Waals surface area contributed by atoms with Crippen LogP contribution in [0.3, 0.4) is 0 Å². The average molecular weight is 376 g/mol. The van der Waals surface area contributed by atoms with Gasteiger partial charge in [-0.05, 0) is 36.5 Å². The highest BCUT2D eigenvalue weighted by Crippen LogP contribution is 2.29. The summed E-state index contributed by atoms with van der Waals surface area (Å²) in [7, 11) is -3.75. The zero-order valence-corrected chi connectivity index (χ0v) is 15.4. The van der Waals surface area contributed by atoms with Crippen LogP contribution in [0.4, 0.5) is 4.39 Å². The second-order valence-corrected chi connectivity index (χ2v) is 8.68. The summed E-state index contributed by atoms with van der Waals surface area (Å²) in [5.41, 5.74) is 0.304. The maximum atomic E-state index is 14.2. The van der Waals surface area contributed by atoms with E-state index in [4.69, 9.17) is 11.6 Å². The van der Waals surface area contributed by atoms with E-state index < -0.39 is 21.7 Å². The fourth-order valence-corrected chi connectivity index (χ4v) is 3.89. The first-order valence-electron chi connectivity index (χ1n) is 8.26. The van der Waals surface area contributed by atoms with Crippen molar-refractivity contribution in [2.75, 3.05) is 6.26 Å². The van der Waals surface area contributed by atoms with E-state index in [1.165, 1.54) is 50.7 Å². The molecule has 134 valence electrons. The van der Waals surface area contributed by atoms with Gasteiger partial charge in [-0.2, -0.15) is 0 Å². The molecule has 24 heavy (non-hydrogen) atoms. The Morgan fingerprint density at radius 1 is 1.25 bits per heavy atom. The Kier molecular flexibility index (Phi) is 6.63. The molecule has 1 aromatic carbocycles. The van der Waals surface area contributed by atoms with Crippen molar-refractivity contribution in [3.8, 4) is 0 Å². The molecule has 0 bridgehead atoms. The number of rotatable bonds is 5. The van der Waals surface area contributed by atoms with Crippen molar-refractivity contribution >= 4 is 27.5 Å². The summed E-state index contributed by atoms with van der Waals surface area (Å²) in [5, 5.41) is 0.295. The van der Waals surface area contributed by atoms with Crippen LogP contribution in [0.25, 0.3) is 0 Å². The molecule has 1 amide bonds. The first-order valence-corrected chi connectivity index (χ1v) is 10.5. The number of hydrogen-bond acceptors (Lipinski definition) is 3. The van der Waals surface area contributed by atoms with Gasteiger partial charge in [-0.3, -0.25) is 4.79 Å². The van der Waals surface area contributed by atoms with Crippen LogP contribution in [0.1, 0.15) is 60.9 Å². The molecule has 1 aliphatic rings. The third-order valence-electron chi connectivity index (χ3n) is 4.46. The number of aryl methyl sites for hydroxylation is 1. The first kappa shape index (κ1) is 19.2. The standard InChI is InChI=1S/C17H23ClFNO3S/c1-24(22,23)20-17(21)14-11-15(18)13(10-16(14)19)9-8-12-6-4-2-3-5-7-12/h10-12H,2-9H2,1H3,(H,20,21). The molecule has 0 spiro atoms. The zero-order chi connectivity index (χ0) is 17.7. The van der Waals surface area contributed by atoms with E-state index in [0.717, 1.165) is 12.7 Å². The summed E-state index contributed by atoms with van der Waals surface area (Å²) in [4.78, 5) is 11.8. The van der Waals surface area contributed by atoms with Gasteiger partial charge in [0.05, 0.1) is 11.8 Å². The molecule has 4 nitrogen and oxygen atoms in total. The second-order valence-electron chi connectivity index (χ2n) is 6.52. The lowest BCUT2D eigenvalue weighted by molar-refractivity contribution is 0.0978. The lowest BCUT2D eigenvalue weighted by Crippen LogP contribution is -2.30. The molecule has 0 heterocycles. The summed E-state index contributed by atoms with van der Waals surface area (Å²) in [6, 6.07) is 2.45. The monoisotopic (exact) mass is 375 g/mol. The predicted octanol–water partition coefficient (Wildman–Crippen LogP) is 4.07. The molecular weight excluding hydrogens is 353 g/mol. The van der Waals surface area contributed by atoms with Crippen molar-refractivity contribution in [1.29, 1.82) is 0 Å². The fraction of sp³-hybridized carbons (Fsp3) is 0.588. The highest BCUT2D eigenvalue weighted by molar-refractivity contribution is 7.89. The van der Waals surface area contributed by atoms with Crippen molar-refractivity contribution in [1.82, 2.24) is 4.72 Å². The van der Waals surface area contributed by atoms with Crippen molar-refractivity contribution < 1.29 is 17.6 Å². The maximum absolute atomic E-state index is 14.2. The van der Waals surface area contributed by atoms with E-state index in [1.807, 2.05) is 0 Å². The SMILES string of the molecule is CS(=O)(=O)NC(=O)c1cc(Cl)c(CCC2CCCCCC2)cc1F. The Labute approximate surface area is 147 Å². The molecule has 1 aliphatic carbocycles. The molecule has 0 aliphatic heterocycles. The van der Waals surface area contributed by atoms with Crippen molar-refractivity contribution in [2.45, 2.75) is 51.4 Å². The van der Waals surface area contributed by atoms with Crippen LogP contribution in [0.2, 0.25) is 5.02 Å². The summed E-state index contributed by atoms with van der Waals surface area (Å²) in [6.07, 6.45) is 9.93. The van der Waals surface area contributed by atoms with E-state index in [9.17, 15) is 17.6 Å². The van der Waals surface area contributed by atoms with E-state index >= 15 is 0 Å². The molecule has 1 aromatic rings. The normalized spacial score (nSPS) is 16.6. The Bertz CT molecular complexity index is 698. The molecule has 0 atom stereocenters. The van der Waals surface area contributed by atoms with Gasteiger partial charge in [-0.15, -0.1) is 0 Å². The predicted molar refractivity (Wildman–Crippen MR) is 93.2 cm³/mol. The van der Waals surface area contributed by atoms with Crippen LogP contribution >= 0.6 is 11.6 Å². The number of benzene rings is 1. The molecule has 2 rings (SSSR count).